The van der Waals surface area contributed by atoms with E-state index in [2.05, 4.69) is 10.4 Å². The van der Waals surface area contributed by atoms with E-state index in [1.165, 1.54) is 6.20 Å². The maximum atomic E-state index is 15.0. The van der Waals surface area contributed by atoms with Crippen molar-refractivity contribution >= 4 is 22.3 Å². The highest BCUT2D eigenvalue weighted by molar-refractivity contribution is 6.00. The number of aromatic nitrogens is 3. The number of hydrogen-bond acceptors (Lipinski definition) is 6. The molecule has 3 N–H and O–H groups in total. The first-order chi connectivity index (χ1) is 13.5. The number of aryl methyl sites for hydroxylation is 1. The minimum absolute atomic E-state index is 0.0137. The molecule has 144 valence electrons. The predicted octanol–water partition coefficient (Wildman–Crippen LogP) is 2.25. The number of rotatable bonds is 5. The topological polar surface area (TPSA) is 111 Å². The van der Waals surface area contributed by atoms with E-state index in [-0.39, 0.29) is 34.1 Å². The van der Waals surface area contributed by atoms with Crippen LogP contribution in [0.25, 0.3) is 10.9 Å². The maximum absolute atomic E-state index is 15.0. The van der Waals surface area contributed by atoms with E-state index < -0.39 is 11.2 Å². The molecule has 4 rings (SSSR count). The molecule has 0 unspecified atom stereocenters. The lowest BCUT2D eigenvalue weighted by atomic mass is 10.0. The number of hydrogen-bond donors (Lipinski definition) is 2. The molecule has 28 heavy (non-hydrogen) atoms. The van der Waals surface area contributed by atoms with E-state index in [1.807, 2.05) is 25.3 Å². The van der Waals surface area contributed by atoms with Crippen LogP contribution < -0.4 is 21.2 Å². The van der Waals surface area contributed by atoms with Gasteiger partial charge in [-0.2, -0.15) is 10.4 Å². The molecule has 2 aromatic heterocycles. The first-order valence-corrected chi connectivity index (χ1v) is 8.97. The Labute approximate surface area is 159 Å². The summed E-state index contributed by atoms with van der Waals surface area (Å²) in [5.41, 5.74) is 5.59. The van der Waals surface area contributed by atoms with Crippen LogP contribution in [0.5, 0.6) is 5.75 Å². The molecule has 1 aromatic carbocycles. The third-order valence-corrected chi connectivity index (χ3v) is 4.89. The van der Waals surface area contributed by atoms with E-state index in [4.69, 9.17) is 10.5 Å². The van der Waals surface area contributed by atoms with Crippen LogP contribution in [0.1, 0.15) is 24.9 Å². The fourth-order valence-corrected chi connectivity index (χ4v) is 3.47. The highest BCUT2D eigenvalue weighted by Gasteiger charge is 2.29. The molecule has 9 heteroatoms. The Morgan fingerprint density at radius 1 is 1.54 bits per heavy atom. The first kappa shape index (κ1) is 17.9. The summed E-state index contributed by atoms with van der Waals surface area (Å²) < 4.78 is 24.4. The van der Waals surface area contributed by atoms with Gasteiger partial charge in [-0.15, -0.1) is 0 Å². The minimum Gasteiger partial charge on any atom is -0.487 e. The molecule has 0 radical (unpaired) electrons. The van der Waals surface area contributed by atoms with Crippen LogP contribution in [0, 0.1) is 17.1 Å². The number of ether oxygens (including phenoxy) is 1. The largest absolute Gasteiger partial charge is 0.487 e. The van der Waals surface area contributed by atoms with Gasteiger partial charge in [0.05, 0.1) is 22.6 Å². The van der Waals surface area contributed by atoms with Crippen molar-refractivity contribution < 1.29 is 9.13 Å². The molecule has 1 aliphatic heterocycles. The van der Waals surface area contributed by atoms with Gasteiger partial charge in [0.25, 0.3) is 0 Å². The van der Waals surface area contributed by atoms with Crippen molar-refractivity contribution in [1.29, 1.82) is 5.26 Å². The summed E-state index contributed by atoms with van der Waals surface area (Å²) in [6.45, 7) is 3.33. The number of benzene rings is 1. The Balaban J connectivity index is 1.77. The Bertz CT molecular complexity index is 1150. The highest BCUT2D eigenvalue weighted by Crippen LogP contribution is 2.43. The number of nitrogens with one attached hydrogen (secondary N) is 1. The van der Waals surface area contributed by atoms with E-state index in [0.717, 1.165) is 0 Å². The molecule has 0 saturated carbocycles. The van der Waals surface area contributed by atoms with Gasteiger partial charge in [-0.1, -0.05) is 0 Å². The number of anilines is 2. The number of nitrogens with two attached hydrogens (primary N) is 1. The third-order valence-electron chi connectivity index (χ3n) is 4.89. The molecule has 0 spiro atoms. The predicted molar refractivity (Wildman–Crippen MR) is 103 cm³/mol. The zero-order chi connectivity index (χ0) is 19.8. The van der Waals surface area contributed by atoms with Gasteiger partial charge in [-0.25, -0.2) is 4.39 Å². The average Bonchev–Trinajstić information content (AvgIpc) is 3.20. The molecule has 0 amide bonds. The monoisotopic (exact) mass is 382 g/mol. The van der Waals surface area contributed by atoms with Gasteiger partial charge in [0.2, 0.25) is 5.43 Å². The third kappa shape index (κ3) is 2.74. The second-order valence-electron chi connectivity index (χ2n) is 6.76. The zero-order valence-corrected chi connectivity index (χ0v) is 15.3. The summed E-state index contributed by atoms with van der Waals surface area (Å²) >= 11 is 0. The summed E-state index contributed by atoms with van der Waals surface area (Å²) in [5.74, 6) is -0.490. The van der Waals surface area contributed by atoms with Gasteiger partial charge in [-0.3, -0.25) is 9.48 Å². The Kier molecular flexibility index (Phi) is 4.39. The lowest BCUT2D eigenvalue weighted by Crippen LogP contribution is -2.26. The van der Waals surface area contributed by atoms with Gasteiger partial charge >= 0.3 is 0 Å². The van der Waals surface area contributed by atoms with Crippen molar-refractivity contribution in [2.45, 2.75) is 25.9 Å². The van der Waals surface area contributed by atoms with E-state index in [1.54, 1.807) is 15.4 Å². The summed E-state index contributed by atoms with van der Waals surface area (Å²) in [7, 11) is 0. The van der Waals surface area contributed by atoms with Gasteiger partial charge in [0.1, 0.15) is 23.9 Å². The molecular formula is C19H19FN6O2. The number of nitriles is 1. The smallest absolute Gasteiger partial charge is 0.209 e. The fourth-order valence-electron chi connectivity index (χ4n) is 3.47. The molecule has 0 aliphatic carbocycles. The van der Waals surface area contributed by atoms with E-state index in [0.29, 0.717) is 31.6 Å². The van der Waals surface area contributed by atoms with Crippen LogP contribution in [-0.4, -0.2) is 27.5 Å². The van der Waals surface area contributed by atoms with Gasteiger partial charge in [0, 0.05) is 31.7 Å². The SMILES string of the molecule is C[C@H]1COc2c(NCCCn3cccn3)c(F)c(N)c3c(=O)c(C#N)cn1c23. The Morgan fingerprint density at radius 2 is 2.36 bits per heavy atom. The van der Waals surface area contributed by atoms with E-state index in [9.17, 15) is 10.1 Å². The molecule has 1 aliphatic rings. The van der Waals surface area contributed by atoms with Gasteiger partial charge < -0.3 is 20.4 Å². The lowest BCUT2D eigenvalue weighted by molar-refractivity contribution is 0.247. The quantitative estimate of drug-likeness (QED) is 0.517. The first-order valence-electron chi connectivity index (χ1n) is 8.97. The lowest BCUT2D eigenvalue weighted by Gasteiger charge is -2.29. The standard InChI is InChI=1S/C19H19FN6O2/c1-11-10-28-19-16(23-4-2-6-25-7-3-5-24-25)14(20)15(22)13-17(19)26(11)9-12(8-21)18(13)27/h3,5,7,9,11,23H,2,4,6,10,22H2,1H3/t11-/m0/s1. The number of nitrogen functional groups attached to an aromatic ring is 1. The molecule has 3 aromatic rings. The van der Waals surface area contributed by atoms with Gasteiger partial charge in [0.15, 0.2) is 11.6 Å². The Hall–Kier alpha value is -3.54. The van der Waals surface area contributed by atoms with Crippen LogP contribution in [-0.2, 0) is 6.54 Å². The summed E-state index contributed by atoms with van der Waals surface area (Å²) in [6.07, 6.45) is 5.74. The minimum atomic E-state index is -0.741. The fraction of sp³-hybridized carbons (Fsp3) is 0.316. The van der Waals surface area contributed by atoms with Gasteiger partial charge in [-0.05, 0) is 19.4 Å². The Morgan fingerprint density at radius 3 is 3.07 bits per heavy atom. The second kappa shape index (κ2) is 6.88. The molecule has 0 saturated heterocycles. The molecule has 0 fully saturated rings. The normalized spacial score (nSPS) is 15.2. The summed E-state index contributed by atoms with van der Waals surface area (Å²) in [4.78, 5) is 12.6. The van der Waals surface area contributed by atoms with Crippen molar-refractivity contribution in [2.75, 3.05) is 24.2 Å². The van der Waals surface area contributed by atoms with Crippen LogP contribution in [0.4, 0.5) is 15.8 Å². The van der Waals surface area contributed by atoms with Crippen molar-refractivity contribution in [2.24, 2.45) is 0 Å². The molecule has 3 heterocycles. The summed E-state index contributed by atoms with van der Waals surface area (Å²) in [5, 5.41) is 16.4. The van der Waals surface area contributed by atoms with E-state index >= 15 is 4.39 Å². The van der Waals surface area contributed by atoms with Crippen molar-refractivity contribution in [3.63, 3.8) is 0 Å². The van der Waals surface area contributed by atoms with Crippen LogP contribution >= 0.6 is 0 Å². The van der Waals surface area contributed by atoms with Crippen molar-refractivity contribution in [3.8, 4) is 11.8 Å². The molecule has 0 bridgehead atoms. The van der Waals surface area contributed by atoms with Crippen molar-refractivity contribution in [3.05, 3.63) is 46.3 Å². The molecule has 8 nitrogen and oxygen atoms in total. The van der Waals surface area contributed by atoms with Crippen LogP contribution in [0.3, 0.4) is 0 Å². The maximum Gasteiger partial charge on any atom is 0.209 e. The molecule has 1 atom stereocenters. The zero-order valence-electron chi connectivity index (χ0n) is 15.3. The van der Waals surface area contributed by atoms with Crippen molar-refractivity contribution in [1.82, 2.24) is 14.3 Å². The average molecular weight is 382 g/mol. The number of pyridine rings is 1. The number of halogens is 1. The van der Waals surface area contributed by atoms with Crippen LogP contribution in [0.2, 0.25) is 0 Å². The second-order valence-corrected chi connectivity index (χ2v) is 6.76. The van der Waals surface area contributed by atoms with Crippen LogP contribution in [0.15, 0.2) is 29.5 Å². The number of nitrogens with zero attached hydrogens (tertiary/aromatic N) is 4. The summed E-state index contributed by atoms with van der Waals surface area (Å²) in [6, 6.07) is 3.58. The highest BCUT2D eigenvalue weighted by atomic mass is 19.1. The molecular weight excluding hydrogens is 363 g/mol.